The third-order valence-corrected chi connectivity index (χ3v) is 2.62. The molecule has 5 heteroatoms. The number of aliphatic carboxylic acids is 1. The molecule has 0 fully saturated rings. The van der Waals surface area contributed by atoms with Crippen molar-refractivity contribution < 1.29 is 19.4 Å². The first-order valence-corrected chi connectivity index (χ1v) is 6.10. The van der Waals surface area contributed by atoms with Crippen LogP contribution in [0.5, 0.6) is 5.75 Å². The Bertz CT molecular complexity index is 457. The lowest BCUT2D eigenvalue weighted by molar-refractivity contribution is -0.139. The Morgan fingerprint density at radius 1 is 1.37 bits per heavy atom. The van der Waals surface area contributed by atoms with Crippen LogP contribution in [0.4, 0.5) is 0 Å². The molecule has 0 aliphatic carbocycles. The van der Waals surface area contributed by atoms with Crippen LogP contribution < -0.4 is 10.1 Å². The molecule has 1 aromatic rings. The van der Waals surface area contributed by atoms with Crippen molar-refractivity contribution in [3.05, 3.63) is 29.8 Å². The lowest BCUT2D eigenvalue weighted by atomic mass is 9.94. The molecule has 19 heavy (non-hydrogen) atoms. The number of carbonyl (C=O) groups excluding carboxylic acids is 1. The monoisotopic (exact) mass is 265 g/mol. The fourth-order valence-electron chi connectivity index (χ4n) is 1.78. The summed E-state index contributed by atoms with van der Waals surface area (Å²) in [5.41, 5.74) is 0.639. The van der Waals surface area contributed by atoms with E-state index < -0.39 is 11.9 Å². The zero-order valence-electron chi connectivity index (χ0n) is 11.3. The maximum absolute atomic E-state index is 12.1. The Morgan fingerprint density at radius 2 is 2.05 bits per heavy atom. The number of carbonyl (C=O) groups is 2. The molecule has 5 nitrogen and oxygen atoms in total. The minimum absolute atomic E-state index is 0.0330. The van der Waals surface area contributed by atoms with E-state index in [4.69, 9.17) is 9.84 Å². The lowest BCUT2D eigenvalue weighted by Gasteiger charge is -2.18. The van der Waals surface area contributed by atoms with Crippen LogP contribution in [0.1, 0.15) is 31.7 Å². The molecule has 0 aliphatic heterocycles. The van der Waals surface area contributed by atoms with Crippen molar-refractivity contribution in [2.75, 3.05) is 7.11 Å². The molecule has 0 saturated carbocycles. The molecule has 1 atom stereocenters. The Balaban J connectivity index is 3.01. The molecule has 0 heterocycles. The first kappa shape index (κ1) is 15.0. The van der Waals surface area contributed by atoms with Gasteiger partial charge in [-0.3, -0.25) is 9.59 Å². The zero-order valence-corrected chi connectivity index (χ0v) is 11.3. The number of ether oxygens (including phenoxy) is 1. The van der Waals surface area contributed by atoms with Crippen molar-refractivity contribution in [1.82, 2.24) is 5.32 Å². The average molecular weight is 265 g/mol. The van der Waals surface area contributed by atoms with Crippen molar-refractivity contribution in [2.24, 2.45) is 0 Å². The first-order chi connectivity index (χ1) is 8.93. The second kappa shape index (κ2) is 6.78. The van der Waals surface area contributed by atoms with Gasteiger partial charge in [0.2, 0.25) is 5.91 Å². The predicted octanol–water partition coefficient (Wildman–Crippen LogP) is 1.78. The van der Waals surface area contributed by atoms with Gasteiger partial charge in [-0.2, -0.15) is 0 Å². The number of hydrogen-bond acceptors (Lipinski definition) is 3. The van der Waals surface area contributed by atoms with Gasteiger partial charge in [-0.15, -0.1) is 0 Å². The van der Waals surface area contributed by atoms with Crippen LogP contribution in [0.3, 0.4) is 0 Å². The second-order valence-electron chi connectivity index (χ2n) is 4.59. The van der Waals surface area contributed by atoms with E-state index in [1.54, 1.807) is 24.3 Å². The third-order valence-electron chi connectivity index (χ3n) is 2.62. The van der Waals surface area contributed by atoms with E-state index in [0.717, 1.165) is 0 Å². The number of carboxylic acid groups (broad SMARTS) is 1. The summed E-state index contributed by atoms with van der Waals surface area (Å²) in [6, 6.07) is 6.88. The van der Waals surface area contributed by atoms with Gasteiger partial charge >= 0.3 is 5.97 Å². The normalized spacial score (nSPS) is 12.0. The maximum atomic E-state index is 12.1. The maximum Gasteiger partial charge on any atom is 0.304 e. The molecular weight excluding hydrogens is 246 g/mol. The Hall–Kier alpha value is -2.04. The van der Waals surface area contributed by atoms with Gasteiger partial charge in [0.1, 0.15) is 5.75 Å². The van der Waals surface area contributed by atoms with Gasteiger partial charge < -0.3 is 15.2 Å². The van der Waals surface area contributed by atoms with Crippen LogP contribution in [-0.2, 0) is 9.59 Å². The number of hydrogen-bond donors (Lipinski definition) is 2. The molecule has 1 amide bonds. The van der Waals surface area contributed by atoms with E-state index in [0.29, 0.717) is 11.3 Å². The fourth-order valence-corrected chi connectivity index (χ4v) is 1.78. The van der Waals surface area contributed by atoms with E-state index in [1.807, 2.05) is 13.8 Å². The summed E-state index contributed by atoms with van der Waals surface area (Å²) in [6.45, 7) is 3.67. The van der Waals surface area contributed by atoms with Crippen molar-refractivity contribution in [3.63, 3.8) is 0 Å². The highest BCUT2D eigenvalue weighted by Crippen LogP contribution is 2.24. The molecular formula is C14H19NO4. The quantitative estimate of drug-likeness (QED) is 0.822. The minimum Gasteiger partial charge on any atom is -0.497 e. The summed E-state index contributed by atoms with van der Waals surface area (Å²) in [5, 5.41) is 11.7. The third kappa shape index (κ3) is 4.62. The van der Waals surface area contributed by atoms with Gasteiger partial charge in [0.15, 0.2) is 0 Å². The van der Waals surface area contributed by atoms with Crippen molar-refractivity contribution in [3.8, 4) is 5.75 Å². The highest BCUT2D eigenvalue weighted by atomic mass is 16.5. The van der Waals surface area contributed by atoms with E-state index in [-0.39, 0.29) is 18.4 Å². The summed E-state index contributed by atoms with van der Waals surface area (Å²) < 4.78 is 5.09. The summed E-state index contributed by atoms with van der Waals surface area (Å²) in [6.07, 6.45) is -0.244. The van der Waals surface area contributed by atoms with Gasteiger partial charge in [-0.05, 0) is 31.5 Å². The molecule has 2 N–H and O–H groups in total. The Kier molecular flexibility index (Phi) is 5.36. The molecule has 1 unspecified atom stereocenters. The summed E-state index contributed by atoms with van der Waals surface area (Å²) in [4.78, 5) is 23.0. The van der Waals surface area contributed by atoms with E-state index in [1.165, 1.54) is 7.11 Å². The highest BCUT2D eigenvalue weighted by molar-refractivity contribution is 5.88. The Labute approximate surface area is 112 Å². The minimum atomic E-state index is -1.01. The summed E-state index contributed by atoms with van der Waals surface area (Å²) >= 11 is 0. The van der Waals surface area contributed by atoms with E-state index in [9.17, 15) is 9.59 Å². The lowest BCUT2D eigenvalue weighted by Crippen LogP contribution is -2.35. The fraction of sp³-hybridized carbons (Fsp3) is 0.429. The van der Waals surface area contributed by atoms with E-state index >= 15 is 0 Å². The molecule has 0 saturated heterocycles. The predicted molar refractivity (Wildman–Crippen MR) is 71.3 cm³/mol. The number of methoxy groups -OCH3 is 1. The average Bonchev–Trinajstić information content (AvgIpc) is 2.35. The van der Waals surface area contributed by atoms with Gasteiger partial charge in [0, 0.05) is 6.04 Å². The van der Waals surface area contributed by atoms with Gasteiger partial charge in [-0.25, -0.2) is 0 Å². The summed E-state index contributed by atoms with van der Waals surface area (Å²) in [7, 11) is 1.53. The number of carboxylic acids is 1. The van der Waals surface area contributed by atoms with Gasteiger partial charge in [0.05, 0.1) is 19.4 Å². The van der Waals surface area contributed by atoms with Crippen LogP contribution in [-0.4, -0.2) is 30.1 Å². The number of nitrogens with one attached hydrogen (secondary N) is 1. The molecule has 0 radical (unpaired) electrons. The SMILES string of the molecule is COc1cccc(C(CC(=O)O)C(=O)NC(C)C)c1. The number of rotatable bonds is 6. The topological polar surface area (TPSA) is 75.6 Å². The van der Waals surface area contributed by atoms with Gasteiger partial charge in [-0.1, -0.05) is 12.1 Å². The molecule has 0 aromatic heterocycles. The van der Waals surface area contributed by atoms with Crippen molar-refractivity contribution >= 4 is 11.9 Å². The Morgan fingerprint density at radius 3 is 2.58 bits per heavy atom. The van der Waals surface area contributed by atoms with Crippen LogP contribution in [0.15, 0.2) is 24.3 Å². The highest BCUT2D eigenvalue weighted by Gasteiger charge is 2.24. The summed E-state index contributed by atoms with van der Waals surface area (Å²) in [5.74, 6) is -1.40. The molecule has 0 spiro atoms. The van der Waals surface area contributed by atoms with Crippen LogP contribution in [0.25, 0.3) is 0 Å². The molecule has 1 rings (SSSR count). The van der Waals surface area contributed by atoms with Gasteiger partial charge in [0.25, 0.3) is 0 Å². The largest absolute Gasteiger partial charge is 0.497 e. The zero-order chi connectivity index (χ0) is 14.4. The van der Waals surface area contributed by atoms with Crippen LogP contribution in [0, 0.1) is 0 Å². The van der Waals surface area contributed by atoms with Crippen LogP contribution >= 0.6 is 0 Å². The number of amides is 1. The van der Waals surface area contributed by atoms with Crippen molar-refractivity contribution in [2.45, 2.75) is 32.2 Å². The van der Waals surface area contributed by atoms with Crippen molar-refractivity contribution in [1.29, 1.82) is 0 Å². The van der Waals surface area contributed by atoms with E-state index in [2.05, 4.69) is 5.32 Å². The number of benzene rings is 1. The standard InChI is InChI=1S/C14H19NO4/c1-9(2)15-14(18)12(8-13(16)17)10-5-4-6-11(7-10)19-3/h4-7,9,12H,8H2,1-3H3,(H,15,18)(H,16,17). The molecule has 0 bridgehead atoms. The smallest absolute Gasteiger partial charge is 0.304 e. The molecule has 104 valence electrons. The van der Waals surface area contributed by atoms with Crippen LogP contribution in [0.2, 0.25) is 0 Å². The molecule has 0 aliphatic rings. The molecule has 1 aromatic carbocycles. The second-order valence-corrected chi connectivity index (χ2v) is 4.59. The first-order valence-electron chi connectivity index (χ1n) is 6.10.